The smallest absolute Gasteiger partial charge is 0.411 e. The Hall–Kier alpha value is -4.94. The number of aryl methyl sites for hydroxylation is 1. The SMILES string of the molecule is COC(=O)Nc1c(C(=O)c2c(F)c(OC)cc(OC)c2F)oc2cnc(Nc3c(C)cncc3N)cc12. The summed E-state index contributed by atoms with van der Waals surface area (Å²) in [5.74, 6) is -4.96. The zero-order valence-electron chi connectivity index (χ0n) is 20.1. The van der Waals surface area contributed by atoms with Crippen molar-refractivity contribution in [2.24, 2.45) is 0 Å². The van der Waals surface area contributed by atoms with E-state index in [1.54, 1.807) is 13.1 Å². The zero-order valence-corrected chi connectivity index (χ0v) is 20.1. The molecule has 0 unspecified atom stereocenters. The maximum absolute atomic E-state index is 15.0. The predicted molar refractivity (Wildman–Crippen MR) is 130 cm³/mol. The monoisotopic (exact) mass is 513 g/mol. The molecule has 0 atom stereocenters. The number of hydrogen-bond acceptors (Lipinski definition) is 10. The van der Waals surface area contributed by atoms with Crippen LogP contribution in [-0.4, -0.2) is 43.2 Å². The van der Waals surface area contributed by atoms with Crippen molar-refractivity contribution in [3.63, 3.8) is 0 Å². The largest absolute Gasteiger partial charge is 0.494 e. The van der Waals surface area contributed by atoms with Crippen LogP contribution >= 0.6 is 0 Å². The predicted octanol–water partition coefficient (Wildman–Crippen LogP) is 4.56. The number of carbonyl (C=O) groups excluding carboxylic acids is 2. The number of hydrogen-bond donors (Lipinski definition) is 3. The molecule has 0 aliphatic rings. The summed E-state index contributed by atoms with van der Waals surface area (Å²) in [5, 5.41) is 5.60. The van der Waals surface area contributed by atoms with Crippen LogP contribution in [0.4, 0.5) is 36.5 Å². The third-order valence-corrected chi connectivity index (χ3v) is 5.41. The molecular formula is C24H21F2N5O6. The zero-order chi connectivity index (χ0) is 26.9. The highest BCUT2D eigenvalue weighted by Gasteiger charge is 2.32. The summed E-state index contributed by atoms with van der Waals surface area (Å²) in [5.41, 5.74) is 6.46. The third kappa shape index (κ3) is 4.53. The number of ketones is 1. The molecule has 0 radical (unpaired) electrons. The van der Waals surface area contributed by atoms with Crippen molar-refractivity contribution in [3.05, 3.63) is 59.2 Å². The molecule has 0 aliphatic heterocycles. The fraction of sp³-hybridized carbons (Fsp3) is 0.167. The molecule has 0 saturated heterocycles. The Morgan fingerprint density at radius 1 is 1.00 bits per heavy atom. The van der Waals surface area contributed by atoms with Crippen molar-refractivity contribution in [3.8, 4) is 11.5 Å². The minimum Gasteiger partial charge on any atom is -0.494 e. The maximum atomic E-state index is 15.0. The van der Waals surface area contributed by atoms with Gasteiger partial charge in [0, 0.05) is 12.3 Å². The topological polar surface area (TPSA) is 151 Å². The lowest BCUT2D eigenvalue weighted by Crippen LogP contribution is -2.15. The van der Waals surface area contributed by atoms with Crippen LogP contribution in [0.2, 0.25) is 0 Å². The Bertz CT molecular complexity index is 1490. The summed E-state index contributed by atoms with van der Waals surface area (Å²) < 4.78 is 50.2. The number of pyridine rings is 2. The molecule has 0 fully saturated rings. The molecule has 0 bridgehead atoms. The maximum Gasteiger partial charge on any atom is 0.411 e. The van der Waals surface area contributed by atoms with Crippen LogP contribution in [0.25, 0.3) is 11.0 Å². The van der Waals surface area contributed by atoms with Gasteiger partial charge in [0.2, 0.25) is 5.78 Å². The lowest BCUT2D eigenvalue weighted by atomic mass is 10.0. The third-order valence-electron chi connectivity index (χ3n) is 5.41. The summed E-state index contributed by atoms with van der Waals surface area (Å²) in [7, 11) is 3.40. The summed E-state index contributed by atoms with van der Waals surface area (Å²) in [4.78, 5) is 33.8. The van der Waals surface area contributed by atoms with Gasteiger partial charge in [-0.15, -0.1) is 0 Å². The van der Waals surface area contributed by atoms with Crippen molar-refractivity contribution in [1.82, 2.24) is 9.97 Å². The van der Waals surface area contributed by atoms with E-state index >= 15 is 8.78 Å². The second-order valence-corrected chi connectivity index (χ2v) is 7.65. The lowest BCUT2D eigenvalue weighted by Gasteiger charge is -2.12. The summed E-state index contributed by atoms with van der Waals surface area (Å²) in [6, 6.07) is 2.42. The van der Waals surface area contributed by atoms with E-state index in [-0.39, 0.29) is 22.5 Å². The molecule has 37 heavy (non-hydrogen) atoms. The van der Waals surface area contributed by atoms with Gasteiger partial charge in [-0.2, -0.15) is 0 Å². The van der Waals surface area contributed by atoms with Crippen LogP contribution in [0.1, 0.15) is 21.7 Å². The molecule has 3 heterocycles. The number of nitrogen functional groups attached to an aromatic ring is 1. The van der Waals surface area contributed by atoms with Gasteiger partial charge in [-0.1, -0.05) is 0 Å². The van der Waals surface area contributed by atoms with Gasteiger partial charge in [0.05, 0.1) is 50.5 Å². The summed E-state index contributed by atoms with van der Waals surface area (Å²) in [6.45, 7) is 1.79. The molecule has 13 heteroatoms. The van der Waals surface area contributed by atoms with Gasteiger partial charge in [0.1, 0.15) is 17.1 Å². The van der Waals surface area contributed by atoms with E-state index in [9.17, 15) is 9.59 Å². The van der Waals surface area contributed by atoms with Gasteiger partial charge in [-0.3, -0.25) is 15.1 Å². The number of rotatable bonds is 7. The first-order chi connectivity index (χ1) is 17.7. The van der Waals surface area contributed by atoms with E-state index in [1.807, 2.05) is 0 Å². The van der Waals surface area contributed by atoms with Gasteiger partial charge in [0.25, 0.3) is 0 Å². The van der Waals surface area contributed by atoms with E-state index in [4.69, 9.17) is 19.6 Å². The van der Waals surface area contributed by atoms with Crippen LogP contribution in [0, 0.1) is 18.6 Å². The van der Waals surface area contributed by atoms with Crippen LogP contribution in [-0.2, 0) is 4.74 Å². The molecule has 192 valence electrons. The molecule has 1 amide bonds. The lowest BCUT2D eigenvalue weighted by molar-refractivity contribution is 0.100. The Kier molecular flexibility index (Phi) is 6.78. The molecule has 4 aromatic rings. The number of carbonyl (C=O) groups is 2. The van der Waals surface area contributed by atoms with Crippen molar-refractivity contribution in [1.29, 1.82) is 0 Å². The molecule has 4 N–H and O–H groups in total. The average molecular weight is 513 g/mol. The number of anilines is 4. The van der Waals surface area contributed by atoms with E-state index in [2.05, 4.69) is 25.3 Å². The van der Waals surface area contributed by atoms with Gasteiger partial charge in [-0.25, -0.2) is 18.6 Å². The minimum absolute atomic E-state index is 0.0374. The molecule has 4 rings (SSSR count). The Morgan fingerprint density at radius 2 is 1.68 bits per heavy atom. The van der Waals surface area contributed by atoms with E-state index < -0.39 is 46.3 Å². The molecular weight excluding hydrogens is 492 g/mol. The molecule has 1 aromatic carbocycles. The normalized spacial score (nSPS) is 10.8. The molecule has 11 nitrogen and oxygen atoms in total. The number of furan rings is 1. The van der Waals surface area contributed by atoms with Crippen LogP contribution in [0.15, 0.2) is 35.1 Å². The van der Waals surface area contributed by atoms with E-state index in [0.29, 0.717) is 11.4 Å². The van der Waals surface area contributed by atoms with E-state index in [0.717, 1.165) is 33.0 Å². The number of halogens is 2. The second-order valence-electron chi connectivity index (χ2n) is 7.65. The number of benzene rings is 1. The minimum atomic E-state index is -1.28. The first-order valence-corrected chi connectivity index (χ1v) is 10.6. The number of fused-ring (bicyclic) bond motifs is 1. The fourth-order valence-corrected chi connectivity index (χ4v) is 3.59. The van der Waals surface area contributed by atoms with Gasteiger partial charge < -0.3 is 29.7 Å². The highest BCUT2D eigenvalue weighted by atomic mass is 19.1. The van der Waals surface area contributed by atoms with Gasteiger partial charge in [0.15, 0.2) is 34.5 Å². The number of aromatic nitrogens is 2. The molecule has 0 saturated carbocycles. The highest BCUT2D eigenvalue weighted by Crippen LogP contribution is 2.38. The van der Waals surface area contributed by atoms with Crippen LogP contribution in [0.3, 0.4) is 0 Å². The number of ether oxygens (including phenoxy) is 3. The first kappa shape index (κ1) is 25.2. The fourth-order valence-electron chi connectivity index (χ4n) is 3.59. The first-order valence-electron chi connectivity index (χ1n) is 10.6. The summed E-state index contributed by atoms with van der Waals surface area (Å²) >= 11 is 0. The highest BCUT2D eigenvalue weighted by molar-refractivity contribution is 6.17. The van der Waals surface area contributed by atoms with Crippen molar-refractivity contribution in [2.45, 2.75) is 6.92 Å². The average Bonchev–Trinajstić information content (AvgIpc) is 3.24. The molecule has 0 aliphatic carbocycles. The summed E-state index contributed by atoms with van der Waals surface area (Å²) in [6.07, 6.45) is 3.36. The van der Waals surface area contributed by atoms with Gasteiger partial charge >= 0.3 is 6.09 Å². The Morgan fingerprint density at radius 3 is 2.27 bits per heavy atom. The van der Waals surface area contributed by atoms with Crippen LogP contribution < -0.4 is 25.8 Å². The van der Waals surface area contributed by atoms with E-state index in [1.165, 1.54) is 18.5 Å². The number of amides is 1. The number of methoxy groups -OCH3 is 3. The number of nitrogens with zero attached hydrogens (tertiary/aromatic N) is 2. The molecule has 0 spiro atoms. The quantitative estimate of drug-likeness (QED) is 0.300. The standard InChI is InChI=1S/C24H21F2N5O6/c1-10-7-28-8-12(27)20(10)30-16-5-11-15(9-29-16)37-23(21(11)31-24(33)36-4)22(32)17-18(25)13(34-2)6-14(35-3)19(17)26/h5-9H,27H2,1-4H3,(H,31,33)(H,28,29,30). The number of nitrogens with one attached hydrogen (secondary N) is 2. The Balaban J connectivity index is 1.89. The molecule has 3 aromatic heterocycles. The number of nitrogens with two attached hydrogens (primary N) is 1. The van der Waals surface area contributed by atoms with Gasteiger partial charge in [-0.05, 0) is 18.6 Å². The van der Waals surface area contributed by atoms with Crippen molar-refractivity contribution < 1.29 is 37.0 Å². The Labute approximate surface area is 208 Å². The second kappa shape index (κ2) is 9.97. The van der Waals surface area contributed by atoms with Crippen molar-refractivity contribution >= 4 is 45.7 Å². The van der Waals surface area contributed by atoms with Crippen LogP contribution in [0.5, 0.6) is 11.5 Å². The van der Waals surface area contributed by atoms with Crippen molar-refractivity contribution in [2.75, 3.05) is 37.7 Å².